The summed E-state index contributed by atoms with van der Waals surface area (Å²) in [6, 6.07) is 6.63. The van der Waals surface area contributed by atoms with Crippen LogP contribution in [-0.4, -0.2) is 59.5 Å². The Morgan fingerprint density at radius 2 is 1.90 bits per heavy atom. The van der Waals surface area contributed by atoms with Crippen molar-refractivity contribution in [1.82, 2.24) is 14.2 Å². The van der Waals surface area contributed by atoms with Gasteiger partial charge < -0.3 is 9.64 Å². The number of amides is 1. The molecular formula is C22H29N3O4S. The van der Waals surface area contributed by atoms with Gasteiger partial charge in [0.1, 0.15) is 5.60 Å². The molecule has 4 rings (SSSR count). The van der Waals surface area contributed by atoms with Gasteiger partial charge in [-0.15, -0.1) is 0 Å². The zero-order valence-corrected chi connectivity index (χ0v) is 18.6. The van der Waals surface area contributed by atoms with E-state index in [0.717, 1.165) is 24.6 Å². The van der Waals surface area contributed by atoms with Crippen molar-refractivity contribution in [3.63, 3.8) is 0 Å². The third-order valence-corrected chi connectivity index (χ3v) is 7.85. The number of carbonyl (C=O) groups excluding carboxylic acids is 1. The predicted molar refractivity (Wildman–Crippen MR) is 115 cm³/mol. The highest BCUT2D eigenvalue weighted by Gasteiger charge is 2.46. The molecule has 0 radical (unpaired) electrons. The van der Waals surface area contributed by atoms with Gasteiger partial charge in [0.05, 0.1) is 10.9 Å². The van der Waals surface area contributed by atoms with Crippen LogP contribution in [0.2, 0.25) is 0 Å². The highest BCUT2D eigenvalue weighted by Crippen LogP contribution is 2.36. The molecule has 0 saturated carbocycles. The van der Waals surface area contributed by atoms with E-state index >= 15 is 0 Å². The van der Waals surface area contributed by atoms with Crippen molar-refractivity contribution in [2.45, 2.75) is 69.0 Å². The van der Waals surface area contributed by atoms with E-state index in [1.165, 1.54) is 0 Å². The summed E-state index contributed by atoms with van der Waals surface area (Å²) in [6.45, 7) is 6.55. The number of nitrogens with zero attached hydrogens (tertiary/aromatic N) is 3. The molecule has 1 aromatic carbocycles. The van der Waals surface area contributed by atoms with E-state index in [0.29, 0.717) is 29.8 Å². The number of hydrogen-bond donors (Lipinski definition) is 0. The minimum Gasteiger partial charge on any atom is -0.444 e. The lowest BCUT2D eigenvalue weighted by atomic mass is 10.1. The minimum absolute atomic E-state index is 0.159. The third kappa shape index (κ3) is 3.90. The van der Waals surface area contributed by atoms with Crippen LogP contribution in [0, 0.1) is 0 Å². The van der Waals surface area contributed by atoms with E-state index in [1.807, 2.05) is 26.8 Å². The van der Waals surface area contributed by atoms with Gasteiger partial charge in [-0.25, -0.2) is 13.2 Å². The Bertz CT molecular complexity index is 1040. The van der Waals surface area contributed by atoms with Gasteiger partial charge in [0.15, 0.2) is 0 Å². The van der Waals surface area contributed by atoms with Gasteiger partial charge in [0.2, 0.25) is 10.0 Å². The van der Waals surface area contributed by atoms with Crippen molar-refractivity contribution >= 4 is 26.9 Å². The number of ether oxygens (including phenoxy) is 1. The molecule has 2 atom stereocenters. The van der Waals surface area contributed by atoms with Crippen LogP contribution in [0.1, 0.15) is 46.5 Å². The summed E-state index contributed by atoms with van der Waals surface area (Å²) in [4.78, 5) is 19.0. The molecule has 2 saturated heterocycles. The first-order chi connectivity index (χ1) is 14.2. The van der Waals surface area contributed by atoms with Crippen LogP contribution in [0.5, 0.6) is 0 Å². The summed E-state index contributed by atoms with van der Waals surface area (Å²) < 4.78 is 34.6. The van der Waals surface area contributed by atoms with Crippen LogP contribution >= 0.6 is 0 Å². The molecule has 162 valence electrons. The minimum atomic E-state index is -3.71. The smallest absolute Gasteiger partial charge is 0.410 e. The van der Waals surface area contributed by atoms with Crippen LogP contribution in [0.4, 0.5) is 4.79 Å². The van der Waals surface area contributed by atoms with Gasteiger partial charge in [-0.2, -0.15) is 4.31 Å². The molecule has 8 heteroatoms. The fourth-order valence-electron chi connectivity index (χ4n) is 4.60. The van der Waals surface area contributed by atoms with Gasteiger partial charge in [-0.1, -0.05) is 18.6 Å². The van der Waals surface area contributed by atoms with E-state index in [9.17, 15) is 13.2 Å². The number of hydrogen-bond acceptors (Lipinski definition) is 5. The Kier molecular flexibility index (Phi) is 5.48. The van der Waals surface area contributed by atoms with Crippen molar-refractivity contribution in [1.29, 1.82) is 0 Å². The van der Waals surface area contributed by atoms with Crippen molar-refractivity contribution in [3.8, 4) is 0 Å². The average molecular weight is 432 g/mol. The fourth-order valence-corrected chi connectivity index (χ4v) is 6.52. The highest BCUT2D eigenvalue weighted by atomic mass is 32.2. The second-order valence-corrected chi connectivity index (χ2v) is 10.9. The lowest BCUT2D eigenvalue weighted by Gasteiger charge is -2.34. The van der Waals surface area contributed by atoms with Gasteiger partial charge >= 0.3 is 6.09 Å². The Morgan fingerprint density at radius 1 is 1.10 bits per heavy atom. The number of likely N-dealkylation sites (tertiary alicyclic amines) is 1. The summed E-state index contributed by atoms with van der Waals surface area (Å²) in [5.74, 6) is 0. The molecule has 0 bridgehead atoms. The molecule has 2 fully saturated rings. The number of fused-ring (bicyclic) bond motifs is 2. The lowest BCUT2D eigenvalue weighted by molar-refractivity contribution is 0.0154. The molecule has 0 N–H and O–H groups in total. The van der Waals surface area contributed by atoms with Crippen LogP contribution in [0.15, 0.2) is 41.6 Å². The maximum absolute atomic E-state index is 13.7. The van der Waals surface area contributed by atoms with Crippen molar-refractivity contribution in [3.05, 3.63) is 36.7 Å². The quantitative estimate of drug-likeness (QED) is 0.723. The average Bonchev–Trinajstić information content (AvgIpc) is 2.99. The number of benzene rings is 1. The Labute approximate surface area is 178 Å². The van der Waals surface area contributed by atoms with Gasteiger partial charge in [-0.3, -0.25) is 4.98 Å². The second-order valence-electron chi connectivity index (χ2n) is 9.06. The summed E-state index contributed by atoms with van der Waals surface area (Å²) in [7, 11) is -3.71. The Balaban J connectivity index is 1.67. The van der Waals surface area contributed by atoms with Gasteiger partial charge in [0, 0.05) is 42.3 Å². The molecule has 0 aliphatic carbocycles. The normalized spacial score (nSPS) is 23.2. The van der Waals surface area contributed by atoms with Crippen LogP contribution < -0.4 is 0 Å². The van der Waals surface area contributed by atoms with E-state index in [2.05, 4.69) is 4.98 Å². The molecular weight excluding hydrogens is 402 g/mol. The standard InChI is InChI=1S/C22H29N3O4S/c1-22(2,3)29-21(26)24-13-5-4-8-19-18(24)11-14-25(19)30(27,28)20-9-6-7-16-15-23-12-10-17(16)20/h6-7,9-10,12,15,18-19H,4-5,8,11,13-14H2,1-3H3. The molecule has 1 amide bonds. The Morgan fingerprint density at radius 3 is 2.67 bits per heavy atom. The van der Waals surface area contributed by atoms with Gasteiger partial charge in [-0.05, 0) is 52.2 Å². The SMILES string of the molecule is CC(C)(C)OC(=O)N1CCCCC2C1CCN2S(=O)(=O)c1cccc2cnccc12. The summed E-state index contributed by atoms with van der Waals surface area (Å²) in [5.41, 5.74) is -0.583. The van der Waals surface area contributed by atoms with Crippen molar-refractivity contribution < 1.29 is 17.9 Å². The lowest BCUT2D eigenvalue weighted by Crippen LogP contribution is -2.49. The van der Waals surface area contributed by atoms with E-state index in [1.54, 1.807) is 39.8 Å². The molecule has 2 aliphatic heterocycles. The maximum Gasteiger partial charge on any atom is 0.410 e. The molecule has 2 aliphatic rings. The monoisotopic (exact) mass is 431 g/mol. The molecule has 30 heavy (non-hydrogen) atoms. The first-order valence-corrected chi connectivity index (χ1v) is 12.0. The van der Waals surface area contributed by atoms with Crippen molar-refractivity contribution in [2.24, 2.45) is 0 Å². The highest BCUT2D eigenvalue weighted by molar-refractivity contribution is 7.89. The molecule has 2 unspecified atom stereocenters. The summed E-state index contributed by atoms with van der Waals surface area (Å²) in [5, 5.41) is 1.47. The number of rotatable bonds is 2. The topological polar surface area (TPSA) is 79.8 Å². The zero-order chi connectivity index (χ0) is 21.5. The number of sulfonamides is 1. The van der Waals surface area contributed by atoms with Crippen LogP contribution in [-0.2, 0) is 14.8 Å². The molecule has 3 heterocycles. The molecule has 2 aromatic rings. The van der Waals surface area contributed by atoms with Crippen molar-refractivity contribution in [2.75, 3.05) is 13.1 Å². The number of carbonyl (C=O) groups is 1. The Hall–Kier alpha value is -2.19. The predicted octanol–water partition coefficient (Wildman–Crippen LogP) is 3.79. The summed E-state index contributed by atoms with van der Waals surface area (Å²) in [6.07, 6.45) is 6.03. The number of aromatic nitrogens is 1. The second kappa shape index (κ2) is 7.81. The van der Waals surface area contributed by atoms with Gasteiger partial charge in [0.25, 0.3) is 0 Å². The maximum atomic E-state index is 13.7. The van der Waals surface area contributed by atoms with E-state index in [-0.39, 0.29) is 18.2 Å². The number of pyridine rings is 1. The van der Waals surface area contributed by atoms with Crippen LogP contribution in [0.25, 0.3) is 10.8 Å². The first kappa shape index (κ1) is 21.1. The molecule has 0 spiro atoms. The van der Waals surface area contributed by atoms with E-state index < -0.39 is 15.6 Å². The molecule has 1 aromatic heterocycles. The summed E-state index contributed by atoms with van der Waals surface area (Å²) >= 11 is 0. The fraction of sp³-hybridized carbons (Fsp3) is 0.545. The zero-order valence-electron chi connectivity index (χ0n) is 17.7. The first-order valence-electron chi connectivity index (χ1n) is 10.5. The third-order valence-electron chi connectivity index (χ3n) is 5.86. The van der Waals surface area contributed by atoms with E-state index in [4.69, 9.17) is 4.74 Å². The molecule has 7 nitrogen and oxygen atoms in total. The largest absolute Gasteiger partial charge is 0.444 e. The van der Waals surface area contributed by atoms with Crippen LogP contribution in [0.3, 0.4) is 0 Å².